The third-order valence-electron chi connectivity index (χ3n) is 3.47. The molecule has 2 atom stereocenters. The van der Waals surface area contributed by atoms with Crippen LogP contribution in [0.1, 0.15) is 32.3 Å². The molecule has 110 valence electrons. The molecule has 4 heteroatoms. The number of carbonyl (C=O) groups excluding carboxylic acids is 2. The zero-order valence-electron chi connectivity index (χ0n) is 12.4. The molecule has 1 aromatic carbocycles. The maximum Gasteiger partial charge on any atom is 0.328 e. The molecule has 0 radical (unpaired) electrons. The summed E-state index contributed by atoms with van der Waals surface area (Å²) in [5.41, 5.74) is 1.11. The number of methoxy groups -OCH3 is 1. The van der Waals surface area contributed by atoms with Crippen LogP contribution in [0.15, 0.2) is 30.3 Å². The predicted octanol–water partition coefficient (Wildman–Crippen LogP) is 2.32. The van der Waals surface area contributed by atoms with Gasteiger partial charge >= 0.3 is 5.97 Å². The van der Waals surface area contributed by atoms with Crippen molar-refractivity contribution < 1.29 is 14.3 Å². The van der Waals surface area contributed by atoms with Crippen molar-refractivity contribution in [2.24, 2.45) is 5.92 Å². The summed E-state index contributed by atoms with van der Waals surface area (Å²) in [6, 6.07) is 9.25. The van der Waals surface area contributed by atoms with E-state index in [1.54, 1.807) is 0 Å². The highest BCUT2D eigenvalue weighted by Gasteiger charge is 2.26. The quantitative estimate of drug-likeness (QED) is 0.778. The molecule has 20 heavy (non-hydrogen) atoms. The van der Waals surface area contributed by atoms with Gasteiger partial charge in [-0.1, -0.05) is 50.6 Å². The van der Waals surface area contributed by atoms with Crippen molar-refractivity contribution in [3.63, 3.8) is 0 Å². The first-order valence-electron chi connectivity index (χ1n) is 6.99. The minimum absolute atomic E-state index is 0.0584. The first-order chi connectivity index (χ1) is 9.58. The molecule has 0 aliphatic carbocycles. The lowest BCUT2D eigenvalue weighted by atomic mass is 9.99. The van der Waals surface area contributed by atoms with Gasteiger partial charge in [0.1, 0.15) is 6.04 Å². The summed E-state index contributed by atoms with van der Waals surface area (Å²) in [7, 11) is 1.34. The highest BCUT2D eigenvalue weighted by molar-refractivity contribution is 5.84. The molecule has 0 bridgehead atoms. The second kappa shape index (κ2) is 8.35. The van der Waals surface area contributed by atoms with E-state index in [0.29, 0.717) is 12.8 Å². The van der Waals surface area contributed by atoms with E-state index in [-0.39, 0.29) is 17.8 Å². The van der Waals surface area contributed by atoms with Crippen LogP contribution in [0.5, 0.6) is 0 Å². The van der Waals surface area contributed by atoms with Gasteiger partial charge < -0.3 is 10.1 Å². The first-order valence-corrected chi connectivity index (χ1v) is 6.99. The van der Waals surface area contributed by atoms with Crippen LogP contribution in [0.25, 0.3) is 0 Å². The van der Waals surface area contributed by atoms with Crippen LogP contribution in [0.2, 0.25) is 0 Å². The van der Waals surface area contributed by atoms with Crippen molar-refractivity contribution in [2.45, 2.75) is 39.2 Å². The number of rotatable bonds is 7. The predicted molar refractivity (Wildman–Crippen MR) is 78.2 cm³/mol. The van der Waals surface area contributed by atoms with E-state index in [9.17, 15) is 9.59 Å². The van der Waals surface area contributed by atoms with Crippen molar-refractivity contribution in [3.8, 4) is 0 Å². The van der Waals surface area contributed by atoms with Gasteiger partial charge in [-0.3, -0.25) is 4.79 Å². The largest absolute Gasteiger partial charge is 0.467 e. The van der Waals surface area contributed by atoms with E-state index in [0.717, 1.165) is 12.0 Å². The third kappa shape index (κ3) is 5.03. The summed E-state index contributed by atoms with van der Waals surface area (Å²) < 4.78 is 4.75. The van der Waals surface area contributed by atoms with Gasteiger partial charge in [0.05, 0.1) is 7.11 Å². The SMILES string of the molecule is CC[C@H](C)[C@H](NC(=O)CCc1ccccc1)C(=O)OC. The Morgan fingerprint density at radius 1 is 1.25 bits per heavy atom. The van der Waals surface area contributed by atoms with E-state index < -0.39 is 6.04 Å². The van der Waals surface area contributed by atoms with Gasteiger partial charge in [-0.15, -0.1) is 0 Å². The van der Waals surface area contributed by atoms with Crippen molar-refractivity contribution >= 4 is 11.9 Å². The van der Waals surface area contributed by atoms with Crippen LogP contribution in [-0.2, 0) is 20.7 Å². The lowest BCUT2D eigenvalue weighted by Gasteiger charge is -2.21. The number of hydrogen-bond acceptors (Lipinski definition) is 3. The highest BCUT2D eigenvalue weighted by Crippen LogP contribution is 2.10. The van der Waals surface area contributed by atoms with Crippen LogP contribution in [-0.4, -0.2) is 25.0 Å². The average Bonchev–Trinajstić information content (AvgIpc) is 2.50. The number of esters is 1. The van der Waals surface area contributed by atoms with Gasteiger partial charge in [-0.25, -0.2) is 4.79 Å². The van der Waals surface area contributed by atoms with Crippen molar-refractivity contribution in [1.82, 2.24) is 5.32 Å². The molecule has 4 nitrogen and oxygen atoms in total. The fourth-order valence-corrected chi connectivity index (χ4v) is 1.94. The summed E-state index contributed by atoms with van der Waals surface area (Å²) in [4.78, 5) is 23.6. The number of nitrogens with one attached hydrogen (secondary N) is 1. The lowest BCUT2D eigenvalue weighted by molar-refractivity contribution is -0.146. The smallest absolute Gasteiger partial charge is 0.328 e. The summed E-state index contributed by atoms with van der Waals surface area (Å²) in [5.74, 6) is -0.444. The Bertz CT molecular complexity index is 431. The fourth-order valence-electron chi connectivity index (χ4n) is 1.94. The van der Waals surface area contributed by atoms with Crippen LogP contribution in [0, 0.1) is 5.92 Å². The minimum atomic E-state index is -0.562. The van der Waals surface area contributed by atoms with E-state index in [1.807, 2.05) is 44.2 Å². The maximum absolute atomic E-state index is 11.9. The van der Waals surface area contributed by atoms with E-state index >= 15 is 0 Å². The summed E-state index contributed by atoms with van der Waals surface area (Å²) in [6.07, 6.45) is 1.84. The number of aryl methyl sites for hydroxylation is 1. The third-order valence-corrected chi connectivity index (χ3v) is 3.47. The second-order valence-electron chi connectivity index (χ2n) is 4.94. The summed E-state index contributed by atoms with van der Waals surface area (Å²) in [5, 5.41) is 2.78. The Morgan fingerprint density at radius 2 is 1.90 bits per heavy atom. The average molecular weight is 277 g/mol. The standard InChI is InChI=1S/C16H23NO3/c1-4-12(2)15(16(19)20-3)17-14(18)11-10-13-8-6-5-7-9-13/h5-9,12,15H,4,10-11H2,1-3H3,(H,17,18)/t12-,15-/m0/s1. The zero-order valence-corrected chi connectivity index (χ0v) is 12.4. The molecule has 1 N–H and O–H groups in total. The van der Waals surface area contributed by atoms with Crippen molar-refractivity contribution in [2.75, 3.05) is 7.11 Å². The van der Waals surface area contributed by atoms with E-state index in [1.165, 1.54) is 7.11 Å². The second-order valence-corrected chi connectivity index (χ2v) is 4.94. The van der Waals surface area contributed by atoms with E-state index in [2.05, 4.69) is 5.32 Å². The number of hydrogen-bond donors (Lipinski definition) is 1. The summed E-state index contributed by atoms with van der Waals surface area (Å²) in [6.45, 7) is 3.91. The monoisotopic (exact) mass is 277 g/mol. The minimum Gasteiger partial charge on any atom is -0.467 e. The molecule has 0 aliphatic heterocycles. The maximum atomic E-state index is 11.9. The van der Waals surface area contributed by atoms with Crippen LogP contribution < -0.4 is 5.32 Å². The Labute approximate surface area is 120 Å². The molecule has 0 fully saturated rings. The highest BCUT2D eigenvalue weighted by atomic mass is 16.5. The van der Waals surface area contributed by atoms with Crippen LogP contribution in [0.3, 0.4) is 0 Å². The Balaban J connectivity index is 2.51. The van der Waals surface area contributed by atoms with Gasteiger partial charge in [-0.2, -0.15) is 0 Å². The molecule has 0 unspecified atom stereocenters. The molecule has 1 rings (SSSR count). The Morgan fingerprint density at radius 3 is 2.45 bits per heavy atom. The number of ether oxygens (including phenoxy) is 1. The molecular weight excluding hydrogens is 254 g/mol. The number of carbonyl (C=O) groups is 2. The Hall–Kier alpha value is -1.84. The molecule has 1 amide bonds. The van der Waals surface area contributed by atoms with Gasteiger partial charge in [0.15, 0.2) is 0 Å². The van der Waals surface area contributed by atoms with Gasteiger partial charge in [-0.05, 0) is 17.9 Å². The lowest BCUT2D eigenvalue weighted by Crippen LogP contribution is -2.45. The van der Waals surface area contributed by atoms with Crippen molar-refractivity contribution in [1.29, 1.82) is 0 Å². The molecule has 1 aromatic rings. The van der Waals surface area contributed by atoms with Gasteiger partial charge in [0.2, 0.25) is 5.91 Å². The van der Waals surface area contributed by atoms with Crippen molar-refractivity contribution in [3.05, 3.63) is 35.9 Å². The molecule has 0 aliphatic rings. The summed E-state index contributed by atoms with van der Waals surface area (Å²) >= 11 is 0. The molecule has 0 saturated carbocycles. The molecular formula is C16H23NO3. The Kier molecular flexibility index (Phi) is 6.77. The molecule has 0 saturated heterocycles. The molecule has 0 aromatic heterocycles. The normalized spacial score (nSPS) is 13.3. The van der Waals surface area contributed by atoms with Gasteiger partial charge in [0, 0.05) is 6.42 Å². The van der Waals surface area contributed by atoms with E-state index in [4.69, 9.17) is 4.74 Å². The zero-order chi connectivity index (χ0) is 15.0. The topological polar surface area (TPSA) is 55.4 Å². The van der Waals surface area contributed by atoms with Gasteiger partial charge in [0.25, 0.3) is 0 Å². The number of benzene rings is 1. The first kappa shape index (κ1) is 16.2. The molecule has 0 spiro atoms. The molecule has 0 heterocycles. The number of amides is 1. The van der Waals surface area contributed by atoms with Crippen LogP contribution >= 0.6 is 0 Å². The fraction of sp³-hybridized carbons (Fsp3) is 0.500. The van der Waals surface area contributed by atoms with Crippen LogP contribution in [0.4, 0.5) is 0 Å².